The summed E-state index contributed by atoms with van der Waals surface area (Å²) in [6, 6.07) is 0. The lowest BCUT2D eigenvalue weighted by Crippen LogP contribution is -2.63. The van der Waals surface area contributed by atoms with E-state index in [-0.39, 0.29) is 51.5 Å². The zero-order valence-corrected chi connectivity index (χ0v) is 21.8. The molecule has 0 aromatic heterocycles. The van der Waals surface area contributed by atoms with Crippen molar-refractivity contribution < 1.29 is 24.3 Å². The summed E-state index contributed by atoms with van der Waals surface area (Å²) in [5, 5.41) is 10.5. The number of rotatable bonds is 2. The molecule has 4 fully saturated rings. The Morgan fingerprint density at radius 2 is 1.71 bits per heavy atom. The maximum Gasteiger partial charge on any atom is 0.199 e. The Morgan fingerprint density at radius 1 is 1.09 bits per heavy atom. The third-order valence-electron chi connectivity index (χ3n) is 11.6. The minimum atomic E-state index is -0.317. The fourth-order valence-corrected chi connectivity index (χ4v) is 9.90. The smallest absolute Gasteiger partial charge is 0.199 e. The first-order valence-electron chi connectivity index (χ1n) is 13.6. The molecular weight excluding hydrogens is 440 g/mol. The largest absolute Gasteiger partial charge is 0.505 e. The van der Waals surface area contributed by atoms with Gasteiger partial charge in [-0.1, -0.05) is 34.1 Å². The fourth-order valence-electron chi connectivity index (χ4n) is 9.90. The summed E-state index contributed by atoms with van der Waals surface area (Å²) in [6.45, 7) is 11.6. The summed E-state index contributed by atoms with van der Waals surface area (Å²) in [6.07, 6.45) is 11.6. The van der Waals surface area contributed by atoms with E-state index in [1.165, 1.54) is 12.4 Å². The average molecular weight is 483 g/mol. The van der Waals surface area contributed by atoms with E-state index in [1.807, 2.05) is 13.0 Å². The van der Waals surface area contributed by atoms with Gasteiger partial charge in [-0.2, -0.15) is 0 Å². The number of ketones is 2. The zero-order chi connectivity index (χ0) is 25.8. The van der Waals surface area contributed by atoms with Crippen LogP contribution in [-0.4, -0.2) is 28.9 Å². The van der Waals surface area contributed by atoms with Gasteiger partial charge in [0.25, 0.3) is 0 Å². The number of carbonyl (C=O) groups is 3. The second-order valence-electron chi connectivity index (χ2n) is 13.0. The minimum Gasteiger partial charge on any atom is -0.505 e. The molecule has 35 heavy (non-hydrogen) atoms. The van der Waals surface area contributed by atoms with Crippen LogP contribution in [-0.2, 0) is 19.2 Å². The van der Waals surface area contributed by atoms with Gasteiger partial charge >= 0.3 is 0 Å². The summed E-state index contributed by atoms with van der Waals surface area (Å²) < 4.78 is 0. The van der Waals surface area contributed by atoms with Crippen molar-refractivity contribution in [1.29, 1.82) is 0 Å². The van der Waals surface area contributed by atoms with Gasteiger partial charge in [0, 0.05) is 24.7 Å². The van der Waals surface area contributed by atoms with Crippen molar-refractivity contribution in [2.45, 2.75) is 85.5 Å². The molecular formula is C30H42O5. The van der Waals surface area contributed by atoms with Gasteiger partial charge in [0.1, 0.15) is 18.0 Å². The molecule has 10 atom stereocenters. The van der Waals surface area contributed by atoms with E-state index in [4.69, 9.17) is 4.79 Å². The van der Waals surface area contributed by atoms with Crippen molar-refractivity contribution in [1.82, 2.24) is 0 Å². The summed E-state index contributed by atoms with van der Waals surface area (Å²) >= 11 is 0. The van der Waals surface area contributed by atoms with Gasteiger partial charge in [0.2, 0.25) is 0 Å². The highest BCUT2D eigenvalue weighted by Gasteiger charge is 2.66. The van der Waals surface area contributed by atoms with Crippen molar-refractivity contribution >= 4 is 23.8 Å². The Kier molecular flexibility index (Phi) is 6.81. The van der Waals surface area contributed by atoms with E-state index in [1.54, 1.807) is 0 Å². The lowest BCUT2D eigenvalue weighted by molar-refractivity contribution is -0.184. The first kappa shape index (κ1) is 26.1. The molecule has 0 heterocycles. The molecule has 0 saturated heterocycles. The molecule has 10 unspecified atom stereocenters. The highest BCUT2D eigenvalue weighted by atomic mass is 16.3. The third-order valence-corrected chi connectivity index (χ3v) is 11.6. The van der Waals surface area contributed by atoms with Crippen LogP contribution in [0.4, 0.5) is 0 Å². The molecule has 0 spiro atoms. The van der Waals surface area contributed by atoms with Crippen molar-refractivity contribution in [2.24, 2.45) is 57.7 Å². The van der Waals surface area contributed by atoms with Crippen LogP contribution < -0.4 is 0 Å². The Labute approximate surface area is 209 Å². The van der Waals surface area contributed by atoms with Crippen LogP contribution >= 0.6 is 0 Å². The number of aldehydes is 1. The average Bonchev–Trinajstić information content (AvgIpc) is 2.80. The van der Waals surface area contributed by atoms with Gasteiger partial charge < -0.3 is 9.90 Å². The lowest BCUT2D eigenvalue weighted by atomic mass is 9.37. The number of Topliss-reactive ketones (excluding diaryl/α,β-unsaturated/α-hetero) is 2. The van der Waals surface area contributed by atoms with Crippen LogP contribution in [0.2, 0.25) is 0 Å². The van der Waals surface area contributed by atoms with Gasteiger partial charge in [-0.15, -0.1) is 0 Å². The summed E-state index contributed by atoms with van der Waals surface area (Å²) in [5.41, 5.74) is -0.254. The van der Waals surface area contributed by atoms with E-state index < -0.39 is 0 Å². The predicted molar refractivity (Wildman–Crippen MR) is 134 cm³/mol. The second kappa shape index (κ2) is 9.14. The molecule has 0 aromatic carbocycles. The van der Waals surface area contributed by atoms with E-state index >= 15 is 0 Å². The molecule has 5 aliphatic carbocycles. The maximum atomic E-state index is 13.9. The molecule has 0 aromatic rings. The van der Waals surface area contributed by atoms with Gasteiger partial charge in [0.05, 0.1) is 0 Å². The number of aliphatic hydroxyl groups is 1. The normalized spacial score (nSPS) is 48.5. The Balaban J connectivity index is 0.000000917. The lowest BCUT2D eigenvalue weighted by Gasteiger charge is -2.66. The predicted octanol–water partition coefficient (Wildman–Crippen LogP) is 5.70. The van der Waals surface area contributed by atoms with E-state index in [9.17, 15) is 19.5 Å². The highest BCUT2D eigenvalue weighted by molar-refractivity contribution is 5.96. The first-order chi connectivity index (χ1) is 16.5. The molecule has 192 valence electrons. The van der Waals surface area contributed by atoms with E-state index in [0.717, 1.165) is 44.8 Å². The topological polar surface area (TPSA) is 88.5 Å². The molecule has 0 amide bonds. The molecule has 0 radical (unpaired) electrons. The van der Waals surface area contributed by atoms with Gasteiger partial charge in [-0.3, -0.25) is 9.59 Å². The number of carbonyl (C=O) groups excluding carboxylic acids is 4. The maximum absolute atomic E-state index is 13.9. The Hall–Kier alpha value is -2.00. The molecule has 0 bridgehead atoms. The number of fused-ring (bicyclic) bond motifs is 7. The summed E-state index contributed by atoms with van der Waals surface area (Å²) in [4.78, 5) is 46.7. The Morgan fingerprint density at radius 3 is 2.37 bits per heavy atom. The van der Waals surface area contributed by atoms with Crippen LogP contribution in [0.1, 0.15) is 85.5 Å². The summed E-state index contributed by atoms with van der Waals surface area (Å²) in [7, 11) is 0. The van der Waals surface area contributed by atoms with Gasteiger partial charge in [0.15, 0.2) is 11.5 Å². The number of hydrogen-bond donors (Lipinski definition) is 1. The molecule has 5 rings (SSSR count). The van der Waals surface area contributed by atoms with Crippen LogP contribution in [0.3, 0.4) is 0 Å². The molecule has 5 aliphatic rings. The van der Waals surface area contributed by atoms with Crippen LogP contribution in [0.5, 0.6) is 0 Å². The molecule has 0 aliphatic heterocycles. The Bertz CT molecular complexity index is 960. The zero-order valence-electron chi connectivity index (χ0n) is 21.8. The van der Waals surface area contributed by atoms with Crippen LogP contribution in [0, 0.1) is 57.7 Å². The van der Waals surface area contributed by atoms with Crippen molar-refractivity contribution in [2.75, 3.05) is 0 Å². The molecule has 5 nitrogen and oxygen atoms in total. The number of aliphatic hydroxyl groups excluding tert-OH is 1. The van der Waals surface area contributed by atoms with Crippen molar-refractivity contribution in [3.63, 3.8) is 0 Å². The van der Waals surface area contributed by atoms with E-state index in [0.29, 0.717) is 36.4 Å². The molecule has 1 N–H and O–H groups in total. The fraction of sp³-hybridized carbons (Fsp3) is 0.767. The number of allylic oxidation sites excluding steroid dienone is 2. The van der Waals surface area contributed by atoms with Crippen molar-refractivity contribution in [3.05, 3.63) is 18.4 Å². The van der Waals surface area contributed by atoms with E-state index in [2.05, 4.69) is 27.4 Å². The van der Waals surface area contributed by atoms with Gasteiger partial charge in [-0.25, -0.2) is 4.79 Å². The second-order valence-corrected chi connectivity index (χ2v) is 13.0. The SMILES string of the molecule is C=C=O.CC1CCC2(CC=O)CCC3C(C(=O)CC4C5(C)C=C(O)C(=O)C(C)C5CCC34C)C2C1. The van der Waals surface area contributed by atoms with Crippen molar-refractivity contribution in [3.8, 4) is 0 Å². The molecule has 5 heteroatoms. The summed E-state index contributed by atoms with van der Waals surface area (Å²) in [5.74, 6) is 2.98. The standard InChI is InChI=1S/C28H40O4.C2H2O/c1-16-5-9-28(11-12-29)10-7-19-24(20(28)13-16)21(30)14-23-26(19,3)8-6-18-17(2)25(32)22(31)15-27(18,23)4;1-2-3/h12,15-20,23-24,31H,5-11,13-14H2,1-4H3;1H2. The van der Waals surface area contributed by atoms with Gasteiger partial charge in [-0.05, 0) is 97.0 Å². The third kappa shape index (κ3) is 3.80. The van der Waals surface area contributed by atoms with Crippen LogP contribution in [0.15, 0.2) is 18.4 Å². The van der Waals surface area contributed by atoms with Crippen LogP contribution in [0.25, 0.3) is 0 Å². The number of hydrogen-bond acceptors (Lipinski definition) is 5. The molecule has 4 saturated carbocycles. The minimum absolute atomic E-state index is 0.0271. The highest BCUT2D eigenvalue weighted by Crippen LogP contribution is 2.70. The monoisotopic (exact) mass is 482 g/mol. The quantitative estimate of drug-likeness (QED) is 0.403. The first-order valence-corrected chi connectivity index (χ1v) is 13.6.